The highest BCUT2D eigenvalue weighted by atomic mass is 79.9. The van der Waals surface area contributed by atoms with Gasteiger partial charge in [-0.2, -0.15) is 0 Å². The van der Waals surface area contributed by atoms with E-state index in [1.54, 1.807) is 19.2 Å². The fourth-order valence-electron chi connectivity index (χ4n) is 0.941. The molecule has 1 aromatic rings. The number of hydrogen-bond donors (Lipinski definition) is 1. The Hall–Kier alpha value is -1.14. The molecular weight excluding hydrogens is 238 g/mol. The van der Waals surface area contributed by atoms with Crippen LogP contribution in [0.2, 0.25) is 0 Å². The maximum absolute atomic E-state index is 10.6. The van der Waals surface area contributed by atoms with Crippen LogP contribution in [0.25, 0.3) is 0 Å². The third-order valence-electron chi connectivity index (χ3n) is 1.51. The average molecular weight is 246 g/mol. The number of nitro benzene ring substituents is 1. The second-order valence-corrected chi connectivity index (χ2v) is 3.42. The summed E-state index contributed by atoms with van der Waals surface area (Å²) < 4.78 is 0.657. The second kappa shape index (κ2) is 3.71. The predicted octanol–water partition coefficient (Wildman–Crippen LogP) is 1.67. The lowest BCUT2D eigenvalue weighted by Crippen LogP contribution is -2.25. The Balaban J connectivity index is 3.27. The summed E-state index contributed by atoms with van der Waals surface area (Å²) in [4.78, 5) is 10.1. The molecule has 5 nitrogen and oxygen atoms in total. The van der Waals surface area contributed by atoms with Crippen molar-refractivity contribution in [2.24, 2.45) is 5.84 Å². The summed E-state index contributed by atoms with van der Waals surface area (Å²) in [6.45, 7) is 0. The van der Waals surface area contributed by atoms with E-state index in [2.05, 4.69) is 15.9 Å². The van der Waals surface area contributed by atoms with Gasteiger partial charge in [-0.15, -0.1) is 0 Å². The van der Waals surface area contributed by atoms with Crippen molar-refractivity contribution in [2.45, 2.75) is 0 Å². The third-order valence-corrected chi connectivity index (χ3v) is 2.01. The van der Waals surface area contributed by atoms with Crippen molar-refractivity contribution in [3.63, 3.8) is 0 Å². The van der Waals surface area contributed by atoms with Crippen LogP contribution < -0.4 is 10.9 Å². The molecule has 0 fully saturated rings. The normalized spacial score (nSPS) is 9.77. The standard InChI is InChI=1S/C7H8BrN3O2/c1-10(9)6-3-2-5(8)4-7(6)11(12)13/h2-4H,9H2,1H3. The highest BCUT2D eigenvalue weighted by Gasteiger charge is 2.15. The molecule has 1 aromatic carbocycles. The summed E-state index contributed by atoms with van der Waals surface area (Å²) >= 11 is 3.15. The number of benzene rings is 1. The molecule has 0 atom stereocenters. The number of anilines is 1. The maximum atomic E-state index is 10.6. The molecule has 0 aliphatic carbocycles. The molecule has 70 valence electrons. The second-order valence-electron chi connectivity index (χ2n) is 2.50. The summed E-state index contributed by atoms with van der Waals surface area (Å²) in [5, 5.41) is 11.8. The Morgan fingerprint density at radius 1 is 1.62 bits per heavy atom. The van der Waals surface area contributed by atoms with Gasteiger partial charge in [-0.1, -0.05) is 15.9 Å². The molecule has 0 aromatic heterocycles. The molecular formula is C7H8BrN3O2. The van der Waals surface area contributed by atoms with E-state index < -0.39 is 4.92 Å². The summed E-state index contributed by atoms with van der Waals surface area (Å²) in [6.07, 6.45) is 0. The molecule has 0 unspecified atom stereocenters. The van der Waals surface area contributed by atoms with Crippen molar-refractivity contribution >= 4 is 27.3 Å². The van der Waals surface area contributed by atoms with Gasteiger partial charge in [0.05, 0.1) is 4.92 Å². The van der Waals surface area contributed by atoms with Gasteiger partial charge >= 0.3 is 0 Å². The van der Waals surface area contributed by atoms with Gasteiger partial charge in [-0.25, -0.2) is 5.84 Å². The molecule has 0 saturated heterocycles. The first kappa shape index (κ1) is 9.94. The lowest BCUT2D eigenvalue weighted by molar-refractivity contribution is -0.384. The monoisotopic (exact) mass is 245 g/mol. The van der Waals surface area contributed by atoms with E-state index in [1.165, 1.54) is 11.1 Å². The Morgan fingerprint density at radius 2 is 2.23 bits per heavy atom. The number of rotatable bonds is 2. The van der Waals surface area contributed by atoms with Crippen molar-refractivity contribution in [3.05, 3.63) is 32.8 Å². The van der Waals surface area contributed by atoms with Crippen LogP contribution in [-0.2, 0) is 0 Å². The van der Waals surface area contributed by atoms with Gasteiger partial charge in [-0.3, -0.25) is 10.1 Å². The van der Waals surface area contributed by atoms with E-state index in [9.17, 15) is 10.1 Å². The average Bonchev–Trinajstić information content (AvgIpc) is 2.03. The first-order valence-electron chi connectivity index (χ1n) is 3.44. The molecule has 0 saturated carbocycles. The van der Waals surface area contributed by atoms with Crippen LogP contribution in [0.1, 0.15) is 0 Å². The number of halogens is 1. The van der Waals surface area contributed by atoms with E-state index in [0.29, 0.717) is 10.2 Å². The summed E-state index contributed by atoms with van der Waals surface area (Å²) in [6, 6.07) is 4.70. The van der Waals surface area contributed by atoms with Crippen LogP contribution in [-0.4, -0.2) is 12.0 Å². The van der Waals surface area contributed by atoms with E-state index in [1.807, 2.05) is 0 Å². The van der Waals surface area contributed by atoms with Crippen LogP contribution in [0, 0.1) is 10.1 Å². The predicted molar refractivity (Wildman–Crippen MR) is 53.4 cm³/mol. The largest absolute Gasteiger partial charge is 0.308 e. The molecule has 0 aliphatic heterocycles. The van der Waals surface area contributed by atoms with Gasteiger partial charge in [0.2, 0.25) is 0 Å². The first-order valence-corrected chi connectivity index (χ1v) is 4.24. The maximum Gasteiger partial charge on any atom is 0.295 e. The lowest BCUT2D eigenvalue weighted by atomic mass is 10.2. The smallest absolute Gasteiger partial charge is 0.295 e. The van der Waals surface area contributed by atoms with Crippen molar-refractivity contribution in [3.8, 4) is 0 Å². The molecule has 0 bridgehead atoms. The molecule has 0 heterocycles. The Kier molecular flexibility index (Phi) is 2.84. The molecule has 0 amide bonds. The molecule has 1 rings (SSSR count). The van der Waals surface area contributed by atoms with Gasteiger partial charge in [0, 0.05) is 17.6 Å². The first-order chi connectivity index (χ1) is 6.02. The van der Waals surface area contributed by atoms with Crippen molar-refractivity contribution in [2.75, 3.05) is 12.1 Å². The topological polar surface area (TPSA) is 72.4 Å². The van der Waals surface area contributed by atoms with Crippen LogP contribution in [0.4, 0.5) is 11.4 Å². The SMILES string of the molecule is CN(N)c1ccc(Br)cc1[N+](=O)[O-]. The van der Waals surface area contributed by atoms with E-state index >= 15 is 0 Å². The van der Waals surface area contributed by atoms with Crippen molar-refractivity contribution in [1.82, 2.24) is 0 Å². The van der Waals surface area contributed by atoms with Crippen molar-refractivity contribution in [1.29, 1.82) is 0 Å². The summed E-state index contributed by atoms with van der Waals surface area (Å²) in [5.74, 6) is 5.42. The summed E-state index contributed by atoms with van der Waals surface area (Å²) in [5.41, 5.74) is 0.368. The Morgan fingerprint density at radius 3 is 2.69 bits per heavy atom. The minimum Gasteiger partial charge on any atom is -0.308 e. The van der Waals surface area contributed by atoms with Crippen LogP contribution in [0.5, 0.6) is 0 Å². The summed E-state index contributed by atoms with van der Waals surface area (Å²) in [7, 11) is 1.55. The van der Waals surface area contributed by atoms with Gasteiger partial charge in [-0.05, 0) is 12.1 Å². The van der Waals surface area contributed by atoms with E-state index in [-0.39, 0.29) is 5.69 Å². The van der Waals surface area contributed by atoms with Crippen molar-refractivity contribution < 1.29 is 4.92 Å². The quantitative estimate of drug-likeness (QED) is 0.489. The van der Waals surface area contributed by atoms with Gasteiger partial charge in [0.15, 0.2) is 0 Å². The minimum absolute atomic E-state index is 0.0145. The lowest BCUT2D eigenvalue weighted by Gasteiger charge is -2.11. The number of nitrogens with two attached hydrogens (primary N) is 1. The highest BCUT2D eigenvalue weighted by molar-refractivity contribution is 9.10. The molecule has 0 aliphatic rings. The molecule has 0 radical (unpaired) electrons. The molecule has 6 heteroatoms. The minimum atomic E-state index is -0.469. The Labute approximate surface area is 83.4 Å². The van der Waals surface area contributed by atoms with Crippen LogP contribution in [0.3, 0.4) is 0 Å². The van der Waals surface area contributed by atoms with Gasteiger partial charge in [0.1, 0.15) is 5.69 Å². The zero-order valence-electron chi connectivity index (χ0n) is 6.90. The molecule has 2 N–H and O–H groups in total. The van der Waals surface area contributed by atoms with Gasteiger partial charge < -0.3 is 5.01 Å². The third kappa shape index (κ3) is 2.16. The van der Waals surface area contributed by atoms with Crippen LogP contribution >= 0.6 is 15.9 Å². The molecule has 0 spiro atoms. The zero-order chi connectivity index (χ0) is 10.0. The number of nitrogens with zero attached hydrogens (tertiary/aromatic N) is 2. The van der Waals surface area contributed by atoms with E-state index in [4.69, 9.17) is 5.84 Å². The fourth-order valence-corrected chi connectivity index (χ4v) is 1.29. The molecule has 13 heavy (non-hydrogen) atoms. The zero-order valence-corrected chi connectivity index (χ0v) is 8.48. The fraction of sp³-hybridized carbons (Fsp3) is 0.143. The van der Waals surface area contributed by atoms with E-state index in [0.717, 1.165) is 0 Å². The number of nitro groups is 1. The Bertz CT molecular complexity index is 341. The highest BCUT2D eigenvalue weighted by Crippen LogP contribution is 2.28. The number of hydrazine groups is 1. The van der Waals surface area contributed by atoms with Gasteiger partial charge in [0.25, 0.3) is 5.69 Å². The number of hydrogen-bond acceptors (Lipinski definition) is 4. The van der Waals surface area contributed by atoms with Crippen LogP contribution in [0.15, 0.2) is 22.7 Å².